The van der Waals surface area contributed by atoms with Gasteiger partial charge in [-0.3, -0.25) is 9.48 Å². The number of sulfone groups is 1. The van der Waals surface area contributed by atoms with Crippen LogP contribution in [0.2, 0.25) is 0 Å². The molecule has 1 atom stereocenters. The first-order chi connectivity index (χ1) is 15.0. The molecule has 172 valence electrons. The van der Waals surface area contributed by atoms with E-state index in [2.05, 4.69) is 10.4 Å². The Morgan fingerprint density at radius 2 is 2.03 bits per heavy atom. The fourth-order valence-corrected chi connectivity index (χ4v) is 5.09. The maximum atomic E-state index is 13.3. The summed E-state index contributed by atoms with van der Waals surface area (Å²) in [5, 5.41) is 26.6. The van der Waals surface area contributed by atoms with E-state index < -0.39 is 21.4 Å². The SMILES string of the molecule is CC(C)(O)Cn1ccc(NC(=O)[C@H](CC2CCCC2)c2ccc(S(C)(=O)=O)c(C#N)c2)n1. The van der Waals surface area contributed by atoms with Gasteiger partial charge in [0.1, 0.15) is 6.07 Å². The molecule has 1 saturated carbocycles. The van der Waals surface area contributed by atoms with E-state index in [0.717, 1.165) is 31.9 Å². The standard InChI is InChI=1S/C23H30N4O4S/c1-23(2,29)15-27-11-10-21(26-27)25-22(28)19(12-16-6-4-5-7-16)17-8-9-20(32(3,30)31)18(13-17)14-24/h8-11,13,16,19,29H,4-7,12,15H2,1-3H3,(H,25,26,28)/t19-/m1/s1. The van der Waals surface area contributed by atoms with Crippen molar-refractivity contribution in [3.05, 3.63) is 41.6 Å². The molecule has 1 fully saturated rings. The van der Waals surface area contributed by atoms with Crippen LogP contribution in [-0.2, 0) is 21.2 Å². The summed E-state index contributed by atoms with van der Waals surface area (Å²) < 4.78 is 25.5. The molecule has 8 nitrogen and oxygen atoms in total. The second-order valence-corrected chi connectivity index (χ2v) is 11.3. The number of hydrogen-bond donors (Lipinski definition) is 2. The van der Waals surface area contributed by atoms with Crippen molar-refractivity contribution < 1.29 is 18.3 Å². The predicted molar refractivity (Wildman–Crippen MR) is 121 cm³/mol. The van der Waals surface area contributed by atoms with Gasteiger partial charge >= 0.3 is 0 Å². The molecule has 1 aliphatic rings. The molecule has 2 N–H and O–H groups in total. The third kappa shape index (κ3) is 6.17. The zero-order valence-corrected chi connectivity index (χ0v) is 19.5. The number of amides is 1. The number of carbonyl (C=O) groups is 1. The largest absolute Gasteiger partial charge is 0.389 e. The predicted octanol–water partition coefficient (Wildman–Crippen LogP) is 3.23. The van der Waals surface area contributed by atoms with Gasteiger partial charge in [-0.1, -0.05) is 31.7 Å². The fraction of sp³-hybridized carbons (Fsp3) is 0.522. The third-order valence-corrected chi connectivity index (χ3v) is 6.88. The molecule has 1 heterocycles. The summed E-state index contributed by atoms with van der Waals surface area (Å²) in [4.78, 5) is 13.2. The van der Waals surface area contributed by atoms with Crippen LogP contribution < -0.4 is 5.32 Å². The summed E-state index contributed by atoms with van der Waals surface area (Å²) in [7, 11) is -3.55. The number of nitriles is 1. The van der Waals surface area contributed by atoms with Gasteiger partial charge in [0.15, 0.2) is 15.7 Å². The van der Waals surface area contributed by atoms with Crippen molar-refractivity contribution >= 4 is 21.6 Å². The molecule has 0 spiro atoms. The zero-order valence-electron chi connectivity index (χ0n) is 18.7. The Hall–Kier alpha value is -2.70. The summed E-state index contributed by atoms with van der Waals surface area (Å²) >= 11 is 0. The first-order valence-corrected chi connectivity index (χ1v) is 12.7. The average Bonchev–Trinajstić information content (AvgIpc) is 3.35. The summed E-state index contributed by atoms with van der Waals surface area (Å²) in [5.74, 6) is 0.00203. The molecule has 0 radical (unpaired) electrons. The highest BCUT2D eigenvalue weighted by molar-refractivity contribution is 7.90. The van der Waals surface area contributed by atoms with Crippen LogP contribution in [0.25, 0.3) is 0 Å². The highest BCUT2D eigenvalue weighted by Crippen LogP contribution is 2.35. The Morgan fingerprint density at radius 3 is 2.62 bits per heavy atom. The van der Waals surface area contributed by atoms with Crippen LogP contribution in [0, 0.1) is 17.2 Å². The number of nitrogens with one attached hydrogen (secondary N) is 1. The smallest absolute Gasteiger partial charge is 0.233 e. The minimum absolute atomic E-state index is 0.0332. The second-order valence-electron chi connectivity index (χ2n) is 9.28. The number of rotatable bonds is 8. The highest BCUT2D eigenvalue weighted by Gasteiger charge is 2.28. The molecule has 1 aromatic heterocycles. The molecule has 1 amide bonds. The molecule has 0 bridgehead atoms. The summed E-state index contributed by atoms with van der Waals surface area (Å²) in [6, 6.07) is 8.18. The molecular weight excluding hydrogens is 428 g/mol. The van der Waals surface area contributed by atoms with Crippen molar-refractivity contribution in [3.63, 3.8) is 0 Å². The summed E-state index contributed by atoms with van der Waals surface area (Å²) in [6.07, 6.45) is 7.75. The molecule has 0 saturated heterocycles. The van der Waals surface area contributed by atoms with Crippen molar-refractivity contribution in [2.75, 3.05) is 11.6 Å². The molecule has 1 aromatic carbocycles. The second kappa shape index (κ2) is 9.43. The monoisotopic (exact) mass is 458 g/mol. The number of aromatic nitrogens is 2. The normalized spacial score (nSPS) is 16.0. The minimum atomic E-state index is -3.55. The van der Waals surface area contributed by atoms with E-state index in [1.165, 1.54) is 12.1 Å². The van der Waals surface area contributed by atoms with Crippen molar-refractivity contribution in [3.8, 4) is 6.07 Å². The van der Waals surface area contributed by atoms with Crippen LogP contribution in [0.3, 0.4) is 0 Å². The quantitative estimate of drug-likeness (QED) is 0.626. The lowest BCUT2D eigenvalue weighted by atomic mass is 9.86. The number of benzene rings is 1. The average molecular weight is 459 g/mol. The molecule has 9 heteroatoms. The van der Waals surface area contributed by atoms with Gasteiger partial charge in [0.25, 0.3) is 0 Å². The fourth-order valence-electron chi connectivity index (χ4n) is 4.28. The van der Waals surface area contributed by atoms with Crippen molar-refractivity contribution in [1.82, 2.24) is 9.78 Å². The van der Waals surface area contributed by atoms with E-state index in [4.69, 9.17) is 0 Å². The Bertz CT molecular complexity index is 1120. The maximum absolute atomic E-state index is 13.3. The zero-order chi connectivity index (χ0) is 23.5. The lowest BCUT2D eigenvalue weighted by molar-refractivity contribution is -0.118. The molecule has 3 rings (SSSR count). The van der Waals surface area contributed by atoms with Gasteiger partial charge in [0, 0.05) is 18.5 Å². The summed E-state index contributed by atoms with van der Waals surface area (Å²) in [5.41, 5.74) is -0.272. The molecular formula is C23H30N4O4S. The van der Waals surface area contributed by atoms with Gasteiger partial charge in [-0.05, 0) is 43.9 Å². The van der Waals surface area contributed by atoms with Crippen molar-refractivity contribution in [2.24, 2.45) is 5.92 Å². The number of anilines is 1. The van der Waals surface area contributed by atoms with Crippen molar-refractivity contribution in [2.45, 2.75) is 68.9 Å². The Labute approximate surface area is 189 Å². The van der Waals surface area contributed by atoms with Gasteiger partial charge in [-0.15, -0.1) is 0 Å². The van der Waals surface area contributed by atoms with Crippen molar-refractivity contribution in [1.29, 1.82) is 5.26 Å². The Morgan fingerprint density at radius 1 is 1.34 bits per heavy atom. The lowest BCUT2D eigenvalue weighted by Gasteiger charge is -2.21. The van der Waals surface area contributed by atoms with E-state index in [1.54, 1.807) is 36.9 Å². The number of aliphatic hydroxyl groups is 1. The van der Waals surface area contributed by atoms with Gasteiger partial charge in [0.2, 0.25) is 5.91 Å². The molecule has 0 aliphatic heterocycles. The van der Waals surface area contributed by atoms with E-state index in [0.29, 0.717) is 23.7 Å². The number of nitrogens with zero attached hydrogens (tertiary/aromatic N) is 3. The van der Waals surface area contributed by atoms with Crippen LogP contribution in [0.15, 0.2) is 35.4 Å². The van der Waals surface area contributed by atoms with Gasteiger partial charge < -0.3 is 10.4 Å². The summed E-state index contributed by atoms with van der Waals surface area (Å²) in [6.45, 7) is 3.64. The topological polar surface area (TPSA) is 125 Å². The first-order valence-electron chi connectivity index (χ1n) is 10.8. The van der Waals surface area contributed by atoms with E-state index in [1.807, 2.05) is 6.07 Å². The highest BCUT2D eigenvalue weighted by atomic mass is 32.2. The van der Waals surface area contributed by atoms with Crippen LogP contribution in [0.5, 0.6) is 0 Å². The molecule has 32 heavy (non-hydrogen) atoms. The Kier molecular flexibility index (Phi) is 7.06. The minimum Gasteiger partial charge on any atom is -0.389 e. The van der Waals surface area contributed by atoms with Gasteiger partial charge in [0.05, 0.1) is 28.5 Å². The number of hydrogen-bond acceptors (Lipinski definition) is 6. The lowest BCUT2D eigenvalue weighted by Crippen LogP contribution is -2.27. The molecule has 2 aromatic rings. The first kappa shape index (κ1) is 24.0. The van der Waals surface area contributed by atoms with Gasteiger partial charge in [-0.25, -0.2) is 8.42 Å². The van der Waals surface area contributed by atoms with E-state index in [9.17, 15) is 23.6 Å². The van der Waals surface area contributed by atoms with Crippen LogP contribution in [-0.4, -0.2) is 41.1 Å². The number of carbonyl (C=O) groups excluding carboxylic acids is 1. The molecule has 0 unspecified atom stereocenters. The van der Waals surface area contributed by atoms with Crippen LogP contribution >= 0.6 is 0 Å². The Balaban J connectivity index is 1.87. The van der Waals surface area contributed by atoms with E-state index >= 15 is 0 Å². The van der Waals surface area contributed by atoms with E-state index in [-0.39, 0.29) is 22.9 Å². The van der Waals surface area contributed by atoms with Crippen LogP contribution in [0.1, 0.15) is 63.0 Å². The van der Waals surface area contributed by atoms with Crippen LogP contribution in [0.4, 0.5) is 5.82 Å². The third-order valence-electron chi connectivity index (χ3n) is 5.73. The molecule has 1 aliphatic carbocycles. The van der Waals surface area contributed by atoms with Gasteiger partial charge in [-0.2, -0.15) is 10.4 Å². The maximum Gasteiger partial charge on any atom is 0.233 e.